The van der Waals surface area contributed by atoms with E-state index in [4.69, 9.17) is 4.74 Å². The molecule has 0 atom stereocenters. The standard InChI is InChI=1S/C6H7BrOS/c7-5-8-3-6-1-2-9-4-6/h1-2,4H,3,5H2. The number of hydrogen-bond donors (Lipinski definition) is 0. The Bertz CT molecular complexity index is 150. The zero-order valence-corrected chi connectivity index (χ0v) is 7.24. The van der Waals surface area contributed by atoms with Gasteiger partial charge in [0.05, 0.1) is 6.61 Å². The summed E-state index contributed by atoms with van der Waals surface area (Å²) in [6.07, 6.45) is 0. The zero-order valence-electron chi connectivity index (χ0n) is 4.84. The van der Waals surface area contributed by atoms with E-state index in [2.05, 4.69) is 27.4 Å². The third-order valence-electron chi connectivity index (χ3n) is 0.926. The molecule has 0 spiro atoms. The van der Waals surface area contributed by atoms with E-state index in [0.717, 1.165) is 6.61 Å². The average molecular weight is 207 g/mol. The predicted molar refractivity (Wildman–Crippen MR) is 42.9 cm³/mol. The highest BCUT2D eigenvalue weighted by atomic mass is 79.9. The molecular formula is C6H7BrOS. The van der Waals surface area contributed by atoms with E-state index in [1.807, 2.05) is 5.38 Å². The lowest BCUT2D eigenvalue weighted by atomic mass is 10.4. The van der Waals surface area contributed by atoms with E-state index in [1.165, 1.54) is 5.56 Å². The Morgan fingerprint density at radius 1 is 1.67 bits per heavy atom. The molecular weight excluding hydrogens is 200 g/mol. The third kappa shape index (κ3) is 2.47. The van der Waals surface area contributed by atoms with Crippen molar-refractivity contribution in [1.29, 1.82) is 0 Å². The first-order valence-electron chi connectivity index (χ1n) is 2.58. The highest BCUT2D eigenvalue weighted by Crippen LogP contribution is 2.06. The summed E-state index contributed by atoms with van der Waals surface area (Å²) in [6, 6.07) is 2.06. The molecule has 0 fully saturated rings. The molecule has 0 aliphatic carbocycles. The van der Waals surface area contributed by atoms with Gasteiger partial charge in [-0.25, -0.2) is 0 Å². The lowest BCUT2D eigenvalue weighted by Crippen LogP contribution is -1.85. The van der Waals surface area contributed by atoms with Crippen LogP contribution in [0.2, 0.25) is 0 Å². The number of ether oxygens (including phenoxy) is 1. The first-order chi connectivity index (χ1) is 4.43. The quantitative estimate of drug-likeness (QED) is 0.692. The van der Waals surface area contributed by atoms with E-state index < -0.39 is 0 Å². The second kappa shape index (κ2) is 4.04. The molecule has 3 heteroatoms. The van der Waals surface area contributed by atoms with Crippen molar-refractivity contribution in [3.05, 3.63) is 22.4 Å². The van der Waals surface area contributed by atoms with Crippen molar-refractivity contribution >= 4 is 27.3 Å². The minimum Gasteiger partial charge on any atom is -0.366 e. The lowest BCUT2D eigenvalue weighted by Gasteiger charge is -1.93. The van der Waals surface area contributed by atoms with Crippen molar-refractivity contribution in [2.75, 3.05) is 5.52 Å². The molecule has 0 saturated heterocycles. The van der Waals surface area contributed by atoms with E-state index in [0.29, 0.717) is 5.52 Å². The van der Waals surface area contributed by atoms with Gasteiger partial charge in [0.25, 0.3) is 0 Å². The van der Waals surface area contributed by atoms with Gasteiger partial charge in [0, 0.05) is 0 Å². The minimum absolute atomic E-state index is 0.614. The van der Waals surface area contributed by atoms with E-state index >= 15 is 0 Å². The van der Waals surface area contributed by atoms with Crippen molar-refractivity contribution in [2.24, 2.45) is 0 Å². The molecule has 1 rings (SSSR count). The van der Waals surface area contributed by atoms with Crippen LogP contribution < -0.4 is 0 Å². The summed E-state index contributed by atoms with van der Waals surface area (Å²) in [5, 5.41) is 4.13. The Morgan fingerprint density at radius 2 is 2.56 bits per heavy atom. The van der Waals surface area contributed by atoms with E-state index in [9.17, 15) is 0 Å². The third-order valence-corrected chi connectivity index (χ3v) is 1.98. The van der Waals surface area contributed by atoms with E-state index in [-0.39, 0.29) is 0 Å². The molecule has 0 aromatic carbocycles. The Morgan fingerprint density at radius 3 is 3.11 bits per heavy atom. The molecule has 1 heterocycles. The number of halogens is 1. The van der Waals surface area contributed by atoms with Crippen LogP contribution in [0.4, 0.5) is 0 Å². The normalized spacial score (nSPS) is 9.89. The SMILES string of the molecule is BrCOCc1ccsc1. The number of rotatable bonds is 3. The van der Waals surface area contributed by atoms with Gasteiger partial charge in [-0.2, -0.15) is 11.3 Å². The number of hydrogen-bond acceptors (Lipinski definition) is 2. The van der Waals surface area contributed by atoms with Crippen LogP contribution in [0.25, 0.3) is 0 Å². The van der Waals surface area contributed by atoms with Crippen molar-refractivity contribution in [3.8, 4) is 0 Å². The summed E-state index contributed by atoms with van der Waals surface area (Å²) in [6.45, 7) is 0.717. The maximum atomic E-state index is 5.10. The van der Waals surface area contributed by atoms with E-state index in [1.54, 1.807) is 11.3 Å². The molecule has 1 aromatic heterocycles. The van der Waals surface area contributed by atoms with Crippen molar-refractivity contribution in [3.63, 3.8) is 0 Å². The van der Waals surface area contributed by atoms with Crippen LogP contribution >= 0.6 is 27.3 Å². The Hall–Kier alpha value is 0.140. The maximum absolute atomic E-state index is 5.10. The molecule has 0 N–H and O–H groups in total. The van der Waals surface area contributed by atoms with Crippen molar-refractivity contribution in [1.82, 2.24) is 0 Å². The fourth-order valence-electron chi connectivity index (χ4n) is 0.531. The minimum atomic E-state index is 0.614. The summed E-state index contributed by atoms with van der Waals surface area (Å²) in [5.74, 6) is 0. The van der Waals surface area contributed by atoms with Gasteiger partial charge in [-0.05, 0) is 22.4 Å². The summed E-state index contributed by atoms with van der Waals surface area (Å²) in [4.78, 5) is 0. The fraction of sp³-hybridized carbons (Fsp3) is 0.333. The molecule has 0 amide bonds. The van der Waals surface area contributed by atoms with Crippen LogP contribution in [0.5, 0.6) is 0 Å². The second-order valence-electron chi connectivity index (χ2n) is 1.59. The molecule has 0 bridgehead atoms. The zero-order chi connectivity index (χ0) is 6.53. The largest absolute Gasteiger partial charge is 0.366 e. The molecule has 1 aromatic rings. The summed E-state index contributed by atoms with van der Waals surface area (Å²) < 4.78 is 5.10. The lowest BCUT2D eigenvalue weighted by molar-refractivity contribution is 0.173. The highest BCUT2D eigenvalue weighted by Gasteiger charge is 1.89. The molecule has 50 valence electrons. The molecule has 9 heavy (non-hydrogen) atoms. The fourth-order valence-corrected chi connectivity index (χ4v) is 1.35. The van der Waals surface area contributed by atoms with Crippen LogP contribution in [0.15, 0.2) is 16.8 Å². The smallest absolute Gasteiger partial charge is 0.102 e. The van der Waals surface area contributed by atoms with Gasteiger partial charge in [-0.3, -0.25) is 0 Å². The molecule has 0 unspecified atom stereocenters. The van der Waals surface area contributed by atoms with Gasteiger partial charge in [-0.1, -0.05) is 15.9 Å². The van der Waals surface area contributed by atoms with Crippen molar-refractivity contribution in [2.45, 2.75) is 6.61 Å². The Balaban J connectivity index is 2.30. The van der Waals surface area contributed by atoms with Crippen LogP contribution in [0.3, 0.4) is 0 Å². The first kappa shape index (κ1) is 7.25. The molecule has 0 aliphatic heterocycles. The van der Waals surface area contributed by atoms with Gasteiger partial charge in [-0.15, -0.1) is 0 Å². The van der Waals surface area contributed by atoms with Crippen LogP contribution in [-0.4, -0.2) is 5.52 Å². The first-order valence-corrected chi connectivity index (χ1v) is 4.64. The van der Waals surface area contributed by atoms with Gasteiger partial charge in [0.15, 0.2) is 0 Å². The van der Waals surface area contributed by atoms with Crippen LogP contribution in [0.1, 0.15) is 5.56 Å². The highest BCUT2D eigenvalue weighted by molar-refractivity contribution is 9.09. The second-order valence-corrected chi connectivity index (χ2v) is 2.83. The maximum Gasteiger partial charge on any atom is 0.102 e. The van der Waals surface area contributed by atoms with Crippen molar-refractivity contribution < 1.29 is 4.74 Å². The summed E-state index contributed by atoms with van der Waals surface area (Å²) in [7, 11) is 0. The van der Waals surface area contributed by atoms with Gasteiger partial charge in [0.2, 0.25) is 0 Å². The Kier molecular flexibility index (Phi) is 3.25. The summed E-state index contributed by atoms with van der Waals surface area (Å²) >= 11 is 4.87. The monoisotopic (exact) mass is 206 g/mol. The molecule has 1 nitrogen and oxygen atoms in total. The number of alkyl halides is 1. The Labute approximate surface area is 66.8 Å². The molecule has 0 radical (unpaired) electrons. The topological polar surface area (TPSA) is 9.23 Å². The average Bonchev–Trinajstić information content (AvgIpc) is 2.34. The van der Waals surface area contributed by atoms with Gasteiger partial charge < -0.3 is 4.74 Å². The number of thiophene rings is 1. The van der Waals surface area contributed by atoms with Gasteiger partial charge >= 0.3 is 0 Å². The summed E-state index contributed by atoms with van der Waals surface area (Å²) in [5.41, 5.74) is 1.86. The van der Waals surface area contributed by atoms with Crippen LogP contribution in [-0.2, 0) is 11.3 Å². The molecule has 0 saturated carbocycles. The van der Waals surface area contributed by atoms with Crippen LogP contribution in [0, 0.1) is 0 Å². The predicted octanol–water partition coefficient (Wildman–Crippen LogP) is 2.62. The molecule has 0 aliphatic rings. The van der Waals surface area contributed by atoms with Gasteiger partial charge in [0.1, 0.15) is 5.52 Å².